The summed E-state index contributed by atoms with van der Waals surface area (Å²) in [6.45, 7) is 0. The molecular formula is C22H120Si30. The van der Waals surface area contributed by atoms with Gasteiger partial charge in [-0.05, 0) is 154 Å². The number of hydrogen-bond donors (Lipinski definition) is 0. The molecule has 0 spiro atoms. The van der Waals surface area contributed by atoms with Gasteiger partial charge < -0.3 is 0 Å². The third-order valence-electron chi connectivity index (χ3n) is 11.1. The van der Waals surface area contributed by atoms with Crippen LogP contribution in [0.4, 0.5) is 0 Å². The second kappa shape index (κ2) is 72.0. The normalized spacial score (nSPS) is 15.7. The Balaban J connectivity index is -0.0000000721. The van der Waals surface area contributed by atoms with Crippen LogP contribution in [0.2, 0.25) is 124 Å². The molecule has 30 heteroatoms. The van der Waals surface area contributed by atoms with Crippen LogP contribution in [-0.2, 0) is 0 Å². The molecule has 52 heavy (non-hydrogen) atoms. The van der Waals surface area contributed by atoms with Crippen LogP contribution in [0.3, 0.4) is 0 Å². The summed E-state index contributed by atoms with van der Waals surface area (Å²) < 4.78 is 0.985. The zero-order chi connectivity index (χ0) is 42.5. The summed E-state index contributed by atoms with van der Waals surface area (Å²) in [4.78, 5) is 0. The van der Waals surface area contributed by atoms with Gasteiger partial charge in [0.25, 0.3) is 0 Å². The van der Waals surface area contributed by atoms with Gasteiger partial charge in [0.05, 0.1) is 0 Å². The highest BCUT2D eigenvalue weighted by atomic mass is 28.4. The average molecular weight is 1230 g/mol. The van der Waals surface area contributed by atoms with Gasteiger partial charge in [0.15, 0.2) is 0 Å². The molecular weight excluding hydrogens is 1110 g/mol. The molecule has 0 aliphatic rings. The summed E-state index contributed by atoms with van der Waals surface area (Å²) in [5, 5.41) is 1.22. The highest BCUT2D eigenvalue weighted by Crippen LogP contribution is 2.22. The molecule has 328 valence electrons. The van der Waals surface area contributed by atoms with Crippen molar-refractivity contribution in [3.8, 4) is 0 Å². The van der Waals surface area contributed by atoms with Crippen molar-refractivity contribution in [1.82, 2.24) is 0 Å². The predicted molar refractivity (Wildman–Crippen MR) is 385 cm³/mol. The SMILES string of the molecule is [SiH3]CC([SiH3])([SiH3])C[SiH3].[SiH3]CC([SiH3])[SiH3].[SiH3]C[SiH2]C[SiH2]C[SiH2]C[SiH3].[SiH3]C[SiH2]C[SiH2]C[SiH3].[SiH3]C[SiH2]C[SiH3].[SiH3]C[SiH3].[SiH3]C[SiH](C[SiH3])C[SiH3].[SiH3]C[Si](C[SiH3])(C[SiH3])C[SiH3]. The van der Waals surface area contributed by atoms with E-state index in [-0.39, 0.29) is 8.80 Å². The van der Waals surface area contributed by atoms with Crippen LogP contribution in [0.1, 0.15) is 0 Å². The lowest BCUT2D eigenvalue weighted by molar-refractivity contribution is 0.963. The van der Waals surface area contributed by atoms with Crippen LogP contribution in [0, 0.1) is 0 Å². The van der Waals surface area contributed by atoms with E-state index in [1.807, 2.05) is 11.3 Å². The first-order valence-corrected chi connectivity index (χ1v) is 71.7. The van der Waals surface area contributed by atoms with Crippen LogP contribution in [0.5, 0.6) is 0 Å². The van der Waals surface area contributed by atoms with E-state index in [1.165, 1.54) is 236 Å². The van der Waals surface area contributed by atoms with E-state index in [0.717, 1.165) is 4.66 Å². The molecule has 0 N–H and O–H groups in total. The minimum absolute atomic E-state index is 0.0139. The van der Waals surface area contributed by atoms with E-state index >= 15 is 0 Å². The van der Waals surface area contributed by atoms with Crippen molar-refractivity contribution in [2.75, 3.05) is 0 Å². The van der Waals surface area contributed by atoms with Crippen molar-refractivity contribution in [2.24, 2.45) is 0 Å². The zero-order valence-corrected chi connectivity index (χ0v) is 97.2. The van der Waals surface area contributed by atoms with Crippen molar-refractivity contribution in [2.45, 2.75) is 124 Å². The molecule has 0 heterocycles. The van der Waals surface area contributed by atoms with Gasteiger partial charge in [-0.3, -0.25) is 0 Å². The van der Waals surface area contributed by atoms with Crippen molar-refractivity contribution < 1.29 is 0 Å². The summed E-state index contributed by atoms with van der Waals surface area (Å²) in [7, 11) is 35.5. The summed E-state index contributed by atoms with van der Waals surface area (Å²) in [5.41, 5.74) is 29.1. The van der Waals surface area contributed by atoms with E-state index in [0.29, 0.717) is 57.1 Å². The molecule has 0 amide bonds. The van der Waals surface area contributed by atoms with E-state index < -0.39 is 8.07 Å². The molecule has 0 aromatic heterocycles. The molecule has 0 rings (SSSR count). The Hall–Kier alpha value is 6.51. The second-order valence-electron chi connectivity index (χ2n) is 16.6. The monoisotopic (exact) mass is 1220 g/mol. The quantitative estimate of drug-likeness (QED) is 0.0749. The highest BCUT2D eigenvalue weighted by molar-refractivity contribution is 6.94. The Kier molecular flexibility index (Phi) is 105. The van der Waals surface area contributed by atoms with Gasteiger partial charge in [0.2, 0.25) is 0 Å². The maximum atomic E-state index is 1.82. The lowest BCUT2D eigenvalue weighted by Gasteiger charge is -2.25. The van der Waals surface area contributed by atoms with Crippen LogP contribution in [-0.4, -0.2) is 299 Å². The molecule has 0 unspecified atom stereocenters. The minimum atomic E-state index is -0.444. The Morgan fingerprint density at radius 3 is 0.731 bits per heavy atom. The fourth-order valence-corrected chi connectivity index (χ4v) is 112. The molecule has 0 fully saturated rings. The number of hydrogen-bond acceptors (Lipinski definition) is 0. The van der Waals surface area contributed by atoms with Gasteiger partial charge >= 0.3 is 0 Å². The molecule has 0 saturated carbocycles. The van der Waals surface area contributed by atoms with Crippen LogP contribution >= 0.6 is 0 Å². The largest absolute Gasteiger partial charge is 0.0778 e. The summed E-state index contributed by atoms with van der Waals surface area (Å²) in [5.74, 6) is 0. The van der Waals surface area contributed by atoms with Gasteiger partial charge in [-0.15, -0.1) is 0 Å². The Labute approximate surface area is 418 Å². The number of rotatable bonds is 22. The standard InChI is InChI=1S/2C4H20Si5.3C3H16Si4.2C2H12Si3.CH8Si2/c5-1-9(2-6,3-7)4-8;5-1-7-3-9-4-8-2-6;4-1-7(2-5)3-6;4-1-6-3-7-2-5;4-1-3(6,7)2-5;3-1-5-2-4;3-1-2(4)5;2-1-3/h1-4H2,5-8H3;1-4,7-9H2,5-6H3;7H,1-3H2,4-6H3;1-3,6-7H2,4-5H3;1-2H2,4-7H3;1-2,5H2,3-4H3;2H,1H2,3-5H3;1H2,2-3H3. The third kappa shape index (κ3) is 87.9. The average Bonchev–Trinajstić information content (AvgIpc) is 3.16. The van der Waals surface area contributed by atoms with Crippen LogP contribution in [0.15, 0.2) is 0 Å². The van der Waals surface area contributed by atoms with Crippen molar-refractivity contribution in [1.29, 1.82) is 0 Å². The second-order valence-corrected chi connectivity index (χ2v) is 100. The molecule has 0 nitrogen and oxygen atoms in total. The third-order valence-corrected chi connectivity index (χ3v) is 96.8. The molecule has 0 radical (unpaired) electrons. The smallest absolute Gasteiger partial charge is 0.0399 e. The molecule has 0 aliphatic heterocycles. The molecule has 0 saturated heterocycles. The molecule has 0 aromatic rings. The molecule has 0 bridgehead atoms. The zero-order valence-electron chi connectivity index (χ0n) is 42.5. The van der Waals surface area contributed by atoms with E-state index in [1.54, 1.807) is 97.5 Å². The molecule has 0 aliphatic carbocycles. The maximum absolute atomic E-state index is 1.82. The molecule has 0 atom stereocenters. The van der Waals surface area contributed by atoms with Crippen molar-refractivity contribution in [3.05, 3.63) is 0 Å². The first-order valence-electron chi connectivity index (χ1n) is 24.6. The lowest BCUT2D eigenvalue weighted by Crippen LogP contribution is -2.34. The predicted octanol–water partition coefficient (Wildman–Crippen LogP) is -22.8. The fraction of sp³-hybridized carbons (Fsp3) is 1.00. The molecule has 0 aromatic carbocycles. The van der Waals surface area contributed by atoms with Gasteiger partial charge in [-0.1, -0.05) is 124 Å². The Bertz CT molecular complexity index is 475. The maximum Gasteiger partial charge on any atom is 0.0399 e. The van der Waals surface area contributed by atoms with Crippen molar-refractivity contribution in [3.63, 3.8) is 0 Å². The lowest BCUT2D eigenvalue weighted by atomic mass is 10.5. The first kappa shape index (κ1) is 75.8. The summed E-state index contributed by atoms with van der Waals surface area (Å²) >= 11 is 0. The van der Waals surface area contributed by atoms with Gasteiger partial charge in [0, 0.05) is 146 Å². The van der Waals surface area contributed by atoms with E-state index in [2.05, 4.69) is 0 Å². The van der Waals surface area contributed by atoms with Gasteiger partial charge in [-0.2, -0.15) is 0 Å². The minimum Gasteiger partial charge on any atom is -0.0778 e. The fourth-order valence-electron chi connectivity index (χ4n) is 4.68. The van der Waals surface area contributed by atoms with Gasteiger partial charge in [0.1, 0.15) is 0 Å². The van der Waals surface area contributed by atoms with Crippen LogP contribution < -0.4 is 0 Å². The first-order chi connectivity index (χ1) is 24.6. The van der Waals surface area contributed by atoms with Crippen LogP contribution in [0.25, 0.3) is 0 Å². The van der Waals surface area contributed by atoms with E-state index in [9.17, 15) is 0 Å². The highest BCUT2D eigenvalue weighted by Gasteiger charge is 2.22. The van der Waals surface area contributed by atoms with Gasteiger partial charge in [-0.25, -0.2) is 0 Å². The van der Waals surface area contributed by atoms with Crippen molar-refractivity contribution >= 4 is 299 Å². The summed E-state index contributed by atoms with van der Waals surface area (Å²) in [6.07, 6.45) is 0. The summed E-state index contributed by atoms with van der Waals surface area (Å²) in [6, 6.07) is 4.75. The Morgan fingerprint density at radius 1 is 0.423 bits per heavy atom. The Morgan fingerprint density at radius 2 is 0.654 bits per heavy atom. The van der Waals surface area contributed by atoms with E-state index in [4.69, 9.17) is 0 Å². The topological polar surface area (TPSA) is 0 Å².